The number of aromatic nitrogens is 3. The van der Waals surface area contributed by atoms with E-state index >= 15 is 0 Å². The van der Waals surface area contributed by atoms with Crippen LogP contribution in [0.25, 0.3) is 5.69 Å². The van der Waals surface area contributed by atoms with E-state index in [4.69, 9.17) is 9.47 Å². The van der Waals surface area contributed by atoms with E-state index in [0.717, 1.165) is 21.3 Å². The number of nitrogens with zero attached hydrogens (tertiary/aromatic N) is 4. The topological polar surface area (TPSA) is 92.3 Å². The van der Waals surface area contributed by atoms with Crippen LogP contribution in [0.4, 0.5) is 0 Å². The summed E-state index contributed by atoms with van der Waals surface area (Å²) in [6.45, 7) is 6.22. The molecular formula is C27H26Br2N4O4S. The summed E-state index contributed by atoms with van der Waals surface area (Å²) in [6.07, 6.45) is 0. The Balaban J connectivity index is 1.66. The van der Waals surface area contributed by atoms with Crippen molar-refractivity contribution in [1.82, 2.24) is 14.8 Å². The van der Waals surface area contributed by atoms with Gasteiger partial charge in [-0.3, -0.25) is 14.7 Å². The van der Waals surface area contributed by atoms with Crippen molar-refractivity contribution in [3.63, 3.8) is 0 Å². The first-order valence-electron chi connectivity index (χ1n) is 11.9. The second kappa shape index (κ2) is 12.8. The van der Waals surface area contributed by atoms with E-state index in [1.54, 1.807) is 0 Å². The summed E-state index contributed by atoms with van der Waals surface area (Å²) in [5, 5.41) is 20.3. The second-order valence-electron chi connectivity index (χ2n) is 8.50. The zero-order valence-electron chi connectivity index (χ0n) is 21.1. The Hall–Kier alpha value is -2.89. The molecule has 11 heteroatoms. The van der Waals surface area contributed by atoms with E-state index in [-0.39, 0.29) is 11.5 Å². The maximum Gasteiger partial charge on any atom is 0.220 e. The third kappa shape index (κ3) is 6.95. The van der Waals surface area contributed by atoms with Crippen LogP contribution in [0.2, 0.25) is 0 Å². The summed E-state index contributed by atoms with van der Waals surface area (Å²) in [5.41, 5.74) is 3.75. The van der Waals surface area contributed by atoms with Crippen LogP contribution in [-0.4, -0.2) is 32.8 Å². The lowest BCUT2D eigenvalue weighted by molar-refractivity contribution is -0.479. The summed E-state index contributed by atoms with van der Waals surface area (Å²) >= 11 is 8.35. The quantitative estimate of drug-likeness (QED) is 0.0934. The zero-order valence-corrected chi connectivity index (χ0v) is 25.0. The van der Waals surface area contributed by atoms with Gasteiger partial charge in [0.15, 0.2) is 16.7 Å². The van der Waals surface area contributed by atoms with Gasteiger partial charge in [-0.1, -0.05) is 57.5 Å². The van der Waals surface area contributed by atoms with Crippen molar-refractivity contribution in [2.45, 2.75) is 37.8 Å². The van der Waals surface area contributed by atoms with Gasteiger partial charge in [-0.15, -0.1) is 10.2 Å². The SMILES string of the molecule is CCOc1cc([C@H](C[N+](=O)[O-])Sc2nnc(C)n2-c2ccc(C)cc2)cc(Br)c1OCc1ccc(Br)cc1. The fourth-order valence-electron chi connectivity index (χ4n) is 3.80. The minimum absolute atomic E-state index is 0.304. The molecule has 0 aliphatic heterocycles. The number of aryl methyl sites for hydroxylation is 2. The minimum atomic E-state index is -0.547. The van der Waals surface area contributed by atoms with Crippen LogP contribution in [0.1, 0.15) is 34.7 Å². The van der Waals surface area contributed by atoms with Gasteiger partial charge >= 0.3 is 0 Å². The van der Waals surface area contributed by atoms with E-state index in [0.29, 0.717) is 45.7 Å². The number of hydrogen-bond donors (Lipinski definition) is 0. The highest BCUT2D eigenvalue weighted by Crippen LogP contribution is 2.43. The van der Waals surface area contributed by atoms with Gasteiger partial charge in [0.25, 0.3) is 0 Å². The fourth-order valence-corrected chi connectivity index (χ4v) is 5.79. The molecule has 0 aliphatic rings. The average molecular weight is 662 g/mol. The molecule has 38 heavy (non-hydrogen) atoms. The van der Waals surface area contributed by atoms with Crippen LogP contribution in [0.3, 0.4) is 0 Å². The third-order valence-corrected chi connectivity index (χ3v) is 7.95. The Bertz CT molecular complexity index is 1410. The first-order chi connectivity index (χ1) is 18.2. The van der Waals surface area contributed by atoms with E-state index in [1.807, 2.05) is 86.0 Å². The molecule has 0 aliphatic carbocycles. The molecule has 1 heterocycles. The lowest BCUT2D eigenvalue weighted by Crippen LogP contribution is -2.12. The highest BCUT2D eigenvalue weighted by molar-refractivity contribution is 9.10. The third-order valence-electron chi connectivity index (χ3n) is 5.65. The summed E-state index contributed by atoms with van der Waals surface area (Å²) in [4.78, 5) is 11.4. The molecule has 0 spiro atoms. The summed E-state index contributed by atoms with van der Waals surface area (Å²) in [6, 6.07) is 19.5. The number of halogens is 2. The first kappa shape index (κ1) is 28.1. The van der Waals surface area contributed by atoms with Crippen LogP contribution in [-0.2, 0) is 6.61 Å². The maximum absolute atomic E-state index is 11.7. The molecule has 3 aromatic carbocycles. The molecule has 0 N–H and O–H groups in total. The molecule has 0 radical (unpaired) electrons. The zero-order chi connectivity index (χ0) is 27.2. The summed E-state index contributed by atoms with van der Waals surface area (Å²) in [7, 11) is 0. The number of hydrogen-bond acceptors (Lipinski definition) is 7. The van der Waals surface area contributed by atoms with Crippen LogP contribution in [0.5, 0.6) is 11.5 Å². The molecule has 0 amide bonds. The number of benzene rings is 3. The molecule has 0 unspecified atom stereocenters. The highest BCUT2D eigenvalue weighted by atomic mass is 79.9. The molecule has 4 rings (SSSR count). The van der Waals surface area contributed by atoms with Crippen molar-refractivity contribution in [1.29, 1.82) is 0 Å². The summed E-state index contributed by atoms with van der Waals surface area (Å²) < 4.78 is 15.6. The van der Waals surface area contributed by atoms with E-state index in [2.05, 4.69) is 42.1 Å². The van der Waals surface area contributed by atoms with Gasteiger partial charge in [0, 0.05) is 15.1 Å². The van der Waals surface area contributed by atoms with Gasteiger partial charge in [-0.05, 0) is 84.2 Å². The van der Waals surface area contributed by atoms with Gasteiger partial charge in [-0.2, -0.15) is 0 Å². The molecule has 198 valence electrons. The van der Waals surface area contributed by atoms with Crippen molar-refractivity contribution < 1.29 is 14.4 Å². The first-order valence-corrected chi connectivity index (χ1v) is 14.3. The average Bonchev–Trinajstić information content (AvgIpc) is 3.24. The van der Waals surface area contributed by atoms with E-state index in [9.17, 15) is 10.1 Å². The molecule has 4 aromatic rings. The predicted octanol–water partition coefficient (Wildman–Crippen LogP) is 7.50. The Morgan fingerprint density at radius 2 is 1.74 bits per heavy atom. The molecule has 0 saturated heterocycles. The van der Waals surface area contributed by atoms with Crippen molar-refractivity contribution >= 4 is 43.6 Å². The van der Waals surface area contributed by atoms with Crippen LogP contribution in [0.15, 0.2) is 74.8 Å². The monoisotopic (exact) mass is 660 g/mol. The van der Waals surface area contributed by atoms with Crippen molar-refractivity contribution in [2.75, 3.05) is 13.2 Å². The molecule has 1 aromatic heterocycles. The summed E-state index contributed by atoms with van der Waals surface area (Å²) in [5.74, 6) is 1.75. The van der Waals surface area contributed by atoms with Gasteiger partial charge in [0.1, 0.15) is 17.7 Å². The molecule has 0 fully saturated rings. The number of thioether (sulfide) groups is 1. The molecule has 0 bridgehead atoms. The van der Waals surface area contributed by atoms with Crippen molar-refractivity contribution in [3.05, 3.63) is 102 Å². The van der Waals surface area contributed by atoms with E-state index < -0.39 is 5.25 Å². The molecule has 1 atom stereocenters. The fraction of sp³-hybridized carbons (Fsp3) is 0.259. The number of rotatable bonds is 11. The minimum Gasteiger partial charge on any atom is -0.490 e. The van der Waals surface area contributed by atoms with Crippen molar-refractivity contribution in [3.8, 4) is 17.2 Å². The molecule has 8 nitrogen and oxygen atoms in total. The number of ether oxygens (including phenoxy) is 2. The Morgan fingerprint density at radius 3 is 2.39 bits per heavy atom. The van der Waals surface area contributed by atoms with Gasteiger partial charge in [-0.25, -0.2) is 0 Å². The van der Waals surface area contributed by atoms with Gasteiger partial charge in [0.05, 0.1) is 11.1 Å². The van der Waals surface area contributed by atoms with Crippen LogP contribution in [0, 0.1) is 24.0 Å². The smallest absolute Gasteiger partial charge is 0.220 e. The lowest BCUT2D eigenvalue weighted by atomic mass is 10.1. The van der Waals surface area contributed by atoms with Crippen LogP contribution >= 0.6 is 43.6 Å². The Morgan fingerprint density at radius 1 is 1.03 bits per heavy atom. The van der Waals surface area contributed by atoms with Gasteiger partial charge < -0.3 is 9.47 Å². The van der Waals surface area contributed by atoms with Crippen LogP contribution < -0.4 is 9.47 Å². The lowest BCUT2D eigenvalue weighted by Gasteiger charge is -2.19. The Labute approximate surface area is 242 Å². The van der Waals surface area contributed by atoms with E-state index in [1.165, 1.54) is 11.8 Å². The largest absolute Gasteiger partial charge is 0.490 e. The highest BCUT2D eigenvalue weighted by Gasteiger charge is 2.26. The standard InChI is InChI=1S/C27H26Br2N4O4S/c1-4-36-24-14-20(13-23(29)26(24)37-16-19-7-9-21(28)10-8-19)25(15-32(34)35)38-27-31-30-18(3)33(27)22-11-5-17(2)6-12-22/h5-14,25H,4,15-16H2,1-3H3/t25-/m0/s1. The second-order valence-corrected chi connectivity index (χ2v) is 11.4. The van der Waals surface area contributed by atoms with Gasteiger partial charge in [0.2, 0.25) is 6.54 Å². The predicted molar refractivity (Wildman–Crippen MR) is 155 cm³/mol. The maximum atomic E-state index is 11.7. The molecular weight excluding hydrogens is 636 g/mol. The normalized spacial score (nSPS) is 11.8. The molecule has 0 saturated carbocycles. The Kier molecular flexibility index (Phi) is 9.45. The van der Waals surface area contributed by atoms with Crippen molar-refractivity contribution in [2.24, 2.45) is 0 Å². The number of nitro groups is 1.